The molecule has 0 aliphatic carbocycles. The van der Waals surface area contributed by atoms with Crippen LogP contribution in [0.15, 0.2) is 28.8 Å². The molecule has 1 saturated heterocycles. The highest BCUT2D eigenvalue weighted by atomic mass is 35.5. The van der Waals surface area contributed by atoms with Gasteiger partial charge in [-0.25, -0.2) is 5.01 Å². The topological polar surface area (TPSA) is 62.8 Å². The summed E-state index contributed by atoms with van der Waals surface area (Å²) in [4.78, 5) is 14.1. The van der Waals surface area contributed by atoms with Gasteiger partial charge in [0.25, 0.3) is 5.91 Å². The number of nitrogens with one attached hydrogen (secondary N) is 2. The van der Waals surface area contributed by atoms with E-state index in [9.17, 15) is 4.79 Å². The Morgan fingerprint density at radius 2 is 2.04 bits per heavy atom. The van der Waals surface area contributed by atoms with E-state index < -0.39 is 0 Å². The van der Waals surface area contributed by atoms with Crippen molar-refractivity contribution in [3.8, 4) is 11.3 Å². The lowest BCUT2D eigenvalue weighted by molar-refractivity contribution is -0.884. The van der Waals surface area contributed by atoms with Crippen LogP contribution in [0.4, 0.5) is 0 Å². The first-order valence-corrected chi connectivity index (χ1v) is 8.02. The van der Waals surface area contributed by atoms with Crippen molar-refractivity contribution >= 4 is 17.5 Å². The molecular weight excluding hydrogens is 316 g/mol. The molecule has 2 heterocycles. The van der Waals surface area contributed by atoms with Crippen LogP contribution in [0.25, 0.3) is 11.3 Å². The Morgan fingerprint density at radius 3 is 2.74 bits per heavy atom. The minimum absolute atomic E-state index is 0.210. The Hall–Kier alpha value is -1.89. The second-order valence-electron chi connectivity index (χ2n) is 5.83. The molecule has 0 bridgehead atoms. The lowest BCUT2D eigenvalue weighted by Gasteiger charge is -2.30. The van der Waals surface area contributed by atoms with Gasteiger partial charge in [0.05, 0.1) is 38.2 Å². The monoisotopic (exact) mass is 335 g/mol. The lowest BCUT2D eigenvalue weighted by Crippen LogP contribution is -3.12. The number of likely N-dealkylation sites (N-methyl/N-ethyl adjacent to an activating group) is 1. The average molecular weight is 336 g/mol. The number of nitrogens with zero attached hydrogens (tertiary/aromatic N) is 2. The van der Waals surface area contributed by atoms with Gasteiger partial charge in [-0.1, -0.05) is 35.0 Å². The van der Waals surface area contributed by atoms with Crippen LogP contribution in [0.3, 0.4) is 0 Å². The summed E-state index contributed by atoms with van der Waals surface area (Å²) in [7, 11) is 2.15. The van der Waals surface area contributed by atoms with Gasteiger partial charge in [-0.2, -0.15) is 0 Å². The van der Waals surface area contributed by atoms with Gasteiger partial charge in [0, 0.05) is 5.56 Å². The summed E-state index contributed by atoms with van der Waals surface area (Å²) < 4.78 is 5.24. The van der Waals surface area contributed by atoms with Crippen LogP contribution in [0.5, 0.6) is 0 Å². The Morgan fingerprint density at radius 1 is 1.35 bits per heavy atom. The van der Waals surface area contributed by atoms with Crippen LogP contribution in [-0.4, -0.2) is 49.3 Å². The van der Waals surface area contributed by atoms with E-state index in [2.05, 4.69) is 17.6 Å². The predicted octanol–water partition coefficient (Wildman–Crippen LogP) is 0.779. The third kappa shape index (κ3) is 3.39. The summed E-state index contributed by atoms with van der Waals surface area (Å²) in [5.74, 6) is 0.274. The van der Waals surface area contributed by atoms with Gasteiger partial charge < -0.3 is 9.42 Å². The van der Waals surface area contributed by atoms with Crippen LogP contribution in [0.2, 0.25) is 5.02 Å². The van der Waals surface area contributed by atoms with Crippen LogP contribution in [-0.2, 0) is 0 Å². The fourth-order valence-electron chi connectivity index (χ4n) is 2.68. The maximum absolute atomic E-state index is 12.7. The van der Waals surface area contributed by atoms with Gasteiger partial charge in [-0.05, 0) is 13.0 Å². The standard InChI is InChI=1S/C16H19ClN4O2/c1-11-14(16(22)18-21-9-7-20(2)8-10-21)15(19-23-11)12-5-3-4-6-13(12)17/h3-6H,7-10H2,1-2H3,(H,18,22)/p+1. The molecule has 23 heavy (non-hydrogen) atoms. The van der Waals surface area contributed by atoms with Crippen molar-refractivity contribution in [3.05, 3.63) is 40.6 Å². The highest BCUT2D eigenvalue weighted by Gasteiger charge is 2.25. The van der Waals surface area contributed by atoms with Crippen LogP contribution < -0.4 is 10.3 Å². The van der Waals surface area contributed by atoms with Crippen molar-refractivity contribution in [2.45, 2.75) is 6.92 Å². The van der Waals surface area contributed by atoms with Gasteiger partial charge >= 0.3 is 0 Å². The Bertz CT molecular complexity index is 708. The van der Waals surface area contributed by atoms with Crippen molar-refractivity contribution in [2.75, 3.05) is 33.2 Å². The highest BCUT2D eigenvalue weighted by Crippen LogP contribution is 2.30. The molecule has 0 unspecified atom stereocenters. The molecule has 0 spiro atoms. The normalized spacial score (nSPS) is 16.5. The summed E-state index contributed by atoms with van der Waals surface area (Å²) >= 11 is 6.23. The van der Waals surface area contributed by atoms with Gasteiger partial charge in [0.1, 0.15) is 17.0 Å². The Balaban J connectivity index is 1.84. The number of piperazine rings is 1. The first-order chi connectivity index (χ1) is 11.1. The number of amides is 1. The second-order valence-corrected chi connectivity index (χ2v) is 6.23. The van der Waals surface area contributed by atoms with E-state index in [0.717, 1.165) is 26.2 Å². The van der Waals surface area contributed by atoms with E-state index >= 15 is 0 Å². The van der Waals surface area contributed by atoms with Gasteiger partial charge in [0.15, 0.2) is 0 Å². The van der Waals surface area contributed by atoms with E-state index in [1.807, 2.05) is 23.2 Å². The fraction of sp³-hybridized carbons (Fsp3) is 0.375. The van der Waals surface area contributed by atoms with E-state index in [1.54, 1.807) is 13.0 Å². The van der Waals surface area contributed by atoms with Gasteiger partial charge in [-0.3, -0.25) is 10.2 Å². The molecule has 0 saturated carbocycles. The first-order valence-electron chi connectivity index (χ1n) is 7.64. The molecule has 1 aromatic heterocycles. The number of quaternary nitrogens is 1. The van der Waals surface area contributed by atoms with Crippen molar-refractivity contribution in [2.24, 2.45) is 0 Å². The summed E-state index contributed by atoms with van der Waals surface area (Å²) in [6, 6.07) is 7.29. The lowest BCUT2D eigenvalue weighted by atomic mass is 10.1. The first kappa shape index (κ1) is 16.0. The summed E-state index contributed by atoms with van der Waals surface area (Å²) in [5.41, 5.74) is 4.56. The van der Waals surface area contributed by atoms with E-state index in [4.69, 9.17) is 16.1 Å². The van der Waals surface area contributed by atoms with Crippen LogP contribution in [0, 0.1) is 6.92 Å². The zero-order valence-corrected chi connectivity index (χ0v) is 14.0. The second kappa shape index (κ2) is 6.70. The number of carbonyl (C=O) groups is 1. The Labute approximate surface area is 140 Å². The molecule has 1 amide bonds. The average Bonchev–Trinajstić information content (AvgIpc) is 2.91. The minimum Gasteiger partial charge on any atom is -0.360 e. The number of hydrazine groups is 1. The smallest absolute Gasteiger partial charge is 0.271 e. The number of carbonyl (C=O) groups excluding carboxylic acids is 1. The molecule has 3 rings (SSSR count). The Kier molecular flexibility index (Phi) is 4.66. The molecule has 2 aromatic rings. The van der Waals surface area contributed by atoms with Crippen LogP contribution in [0.1, 0.15) is 16.1 Å². The molecule has 1 aliphatic rings. The number of benzene rings is 1. The molecule has 2 N–H and O–H groups in total. The third-order valence-corrected chi connectivity index (χ3v) is 4.43. The fourth-order valence-corrected chi connectivity index (χ4v) is 2.90. The van der Waals surface area contributed by atoms with Crippen molar-refractivity contribution in [1.82, 2.24) is 15.6 Å². The van der Waals surface area contributed by atoms with Crippen LogP contribution >= 0.6 is 11.6 Å². The van der Waals surface area contributed by atoms with E-state index in [-0.39, 0.29) is 5.91 Å². The van der Waals surface area contributed by atoms with E-state index in [0.29, 0.717) is 27.6 Å². The van der Waals surface area contributed by atoms with Crippen molar-refractivity contribution in [1.29, 1.82) is 0 Å². The number of aromatic nitrogens is 1. The highest BCUT2D eigenvalue weighted by molar-refractivity contribution is 6.33. The molecule has 1 aliphatic heterocycles. The largest absolute Gasteiger partial charge is 0.360 e. The number of halogens is 1. The summed E-state index contributed by atoms with van der Waals surface area (Å²) in [5, 5.41) is 6.51. The maximum Gasteiger partial charge on any atom is 0.271 e. The SMILES string of the molecule is Cc1onc(-c2ccccc2Cl)c1C(=O)NN1CC[NH+](C)CC1. The number of rotatable bonds is 3. The zero-order chi connectivity index (χ0) is 16.4. The predicted molar refractivity (Wildman–Crippen MR) is 87.3 cm³/mol. The molecule has 1 fully saturated rings. The zero-order valence-electron chi connectivity index (χ0n) is 13.2. The van der Waals surface area contributed by atoms with Crippen molar-refractivity contribution in [3.63, 3.8) is 0 Å². The molecular formula is C16H20ClN4O2+. The van der Waals surface area contributed by atoms with E-state index in [1.165, 1.54) is 4.90 Å². The maximum atomic E-state index is 12.7. The number of aryl methyl sites for hydroxylation is 1. The third-order valence-electron chi connectivity index (χ3n) is 4.10. The van der Waals surface area contributed by atoms with Gasteiger partial charge in [-0.15, -0.1) is 0 Å². The van der Waals surface area contributed by atoms with Crippen molar-refractivity contribution < 1.29 is 14.2 Å². The molecule has 0 atom stereocenters. The molecule has 6 nitrogen and oxygen atoms in total. The minimum atomic E-state index is -0.210. The van der Waals surface area contributed by atoms with Gasteiger partial charge in [0.2, 0.25) is 0 Å². The number of hydrogen-bond acceptors (Lipinski definition) is 4. The molecule has 7 heteroatoms. The quantitative estimate of drug-likeness (QED) is 0.870. The summed E-state index contributed by atoms with van der Waals surface area (Å²) in [6.07, 6.45) is 0. The number of hydrogen-bond donors (Lipinski definition) is 2. The molecule has 122 valence electrons. The molecule has 0 radical (unpaired) electrons. The molecule has 1 aromatic carbocycles. The summed E-state index contributed by atoms with van der Waals surface area (Å²) in [6.45, 7) is 5.38.